The van der Waals surface area contributed by atoms with Gasteiger partial charge in [-0.1, -0.05) is 19.3 Å². The normalized spacial score (nSPS) is 19.1. The largest absolute Gasteiger partial charge is 0.358 e. The highest BCUT2D eigenvalue weighted by atomic mass is 32.2. The Balaban J connectivity index is 2.09. The molecule has 0 radical (unpaired) electrons. The summed E-state index contributed by atoms with van der Waals surface area (Å²) in [5, 5.41) is 3.39. The highest BCUT2D eigenvalue weighted by Crippen LogP contribution is 2.27. The van der Waals surface area contributed by atoms with E-state index in [0.29, 0.717) is 5.75 Å². The van der Waals surface area contributed by atoms with Gasteiger partial charge >= 0.3 is 0 Å². The van der Waals surface area contributed by atoms with Gasteiger partial charge in [0.2, 0.25) is 5.91 Å². The first-order chi connectivity index (χ1) is 5.83. The van der Waals surface area contributed by atoms with Gasteiger partial charge < -0.3 is 5.32 Å². The first kappa shape index (κ1) is 9.90. The Kier molecular flexibility index (Phi) is 4.51. The highest BCUT2D eigenvalue weighted by Gasteiger charge is 2.14. The maximum atomic E-state index is 10.9. The van der Waals surface area contributed by atoms with Gasteiger partial charge in [0.05, 0.1) is 5.75 Å². The molecule has 0 aromatic rings. The van der Waals surface area contributed by atoms with Gasteiger partial charge in [0, 0.05) is 12.3 Å². The summed E-state index contributed by atoms with van der Waals surface area (Å²) in [4.78, 5) is 10.9. The molecule has 1 rings (SSSR count). The minimum atomic E-state index is 0.158. The van der Waals surface area contributed by atoms with E-state index in [0.717, 1.165) is 5.25 Å². The highest BCUT2D eigenvalue weighted by molar-refractivity contribution is 8.00. The van der Waals surface area contributed by atoms with Crippen LogP contribution in [-0.4, -0.2) is 24.0 Å². The van der Waals surface area contributed by atoms with E-state index in [4.69, 9.17) is 0 Å². The molecule has 70 valence electrons. The first-order valence-electron chi connectivity index (χ1n) is 4.65. The average molecular weight is 187 g/mol. The van der Waals surface area contributed by atoms with E-state index in [2.05, 4.69) is 5.32 Å². The van der Waals surface area contributed by atoms with Crippen molar-refractivity contribution in [1.29, 1.82) is 0 Å². The molecule has 3 heteroatoms. The van der Waals surface area contributed by atoms with Crippen LogP contribution in [0.25, 0.3) is 0 Å². The SMILES string of the molecule is CNC(=O)CSC1CCCCC1. The Hall–Kier alpha value is -0.180. The smallest absolute Gasteiger partial charge is 0.229 e. The van der Waals surface area contributed by atoms with Crippen molar-refractivity contribution < 1.29 is 4.79 Å². The zero-order chi connectivity index (χ0) is 8.81. The van der Waals surface area contributed by atoms with Gasteiger partial charge in [-0.2, -0.15) is 0 Å². The predicted molar refractivity (Wildman–Crippen MR) is 53.4 cm³/mol. The molecule has 0 heterocycles. The van der Waals surface area contributed by atoms with Crippen LogP contribution in [-0.2, 0) is 4.79 Å². The quantitative estimate of drug-likeness (QED) is 0.730. The Morgan fingerprint density at radius 1 is 1.42 bits per heavy atom. The Bertz CT molecular complexity index is 143. The van der Waals surface area contributed by atoms with E-state index in [1.54, 1.807) is 7.05 Å². The lowest BCUT2D eigenvalue weighted by atomic mass is 10.0. The lowest BCUT2D eigenvalue weighted by molar-refractivity contribution is -0.118. The van der Waals surface area contributed by atoms with Crippen LogP contribution >= 0.6 is 11.8 Å². The van der Waals surface area contributed by atoms with Crippen LogP contribution in [0.2, 0.25) is 0 Å². The van der Waals surface area contributed by atoms with Gasteiger partial charge in [0.15, 0.2) is 0 Å². The first-order valence-corrected chi connectivity index (χ1v) is 5.70. The molecule has 0 unspecified atom stereocenters. The molecule has 0 aromatic heterocycles. The molecule has 0 saturated heterocycles. The van der Waals surface area contributed by atoms with Crippen molar-refractivity contribution in [2.45, 2.75) is 37.4 Å². The van der Waals surface area contributed by atoms with Gasteiger partial charge in [-0.25, -0.2) is 0 Å². The predicted octanol–water partition coefficient (Wildman–Crippen LogP) is 1.80. The molecule has 1 aliphatic carbocycles. The number of nitrogens with one attached hydrogen (secondary N) is 1. The summed E-state index contributed by atoms with van der Waals surface area (Å²) in [6, 6.07) is 0. The molecule has 0 aromatic carbocycles. The van der Waals surface area contributed by atoms with Crippen LogP contribution in [0.15, 0.2) is 0 Å². The Labute approximate surface area is 78.5 Å². The van der Waals surface area contributed by atoms with Gasteiger partial charge in [-0.3, -0.25) is 4.79 Å². The molecule has 0 bridgehead atoms. The van der Waals surface area contributed by atoms with E-state index in [1.807, 2.05) is 11.8 Å². The number of carbonyl (C=O) groups is 1. The van der Waals surface area contributed by atoms with Crippen molar-refractivity contribution in [3.05, 3.63) is 0 Å². The van der Waals surface area contributed by atoms with E-state index in [9.17, 15) is 4.79 Å². The fourth-order valence-electron chi connectivity index (χ4n) is 1.50. The second kappa shape index (κ2) is 5.46. The molecule has 12 heavy (non-hydrogen) atoms. The molecule has 0 spiro atoms. The molecule has 1 aliphatic rings. The molecule has 0 atom stereocenters. The van der Waals surface area contributed by atoms with Crippen molar-refractivity contribution in [3.63, 3.8) is 0 Å². The number of amides is 1. The molecule has 0 aliphatic heterocycles. The lowest BCUT2D eigenvalue weighted by Crippen LogP contribution is -2.22. The Morgan fingerprint density at radius 2 is 2.08 bits per heavy atom. The topological polar surface area (TPSA) is 29.1 Å². The molecule has 1 saturated carbocycles. The molecule has 1 N–H and O–H groups in total. The zero-order valence-electron chi connectivity index (χ0n) is 7.64. The van der Waals surface area contributed by atoms with E-state index >= 15 is 0 Å². The van der Waals surface area contributed by atoms with E-state index in [-0.39, 0.29) is 5.91 Å². The summed E-state index contributed by atoms with van der Waals surface area (Å²) >= 11 is 1.82. The lowest BCUT2D eigenvalue weighted by Gasteiger charge is -2.20. The number of carbonyl (C=O) groups excluding carboxylic acids is 1. The van der Waals surface area contributed by atoms with Crippen molar-refractivity contribution >= 4 is 17.7 Å². The van der Waals surface area contributed by atoms with Crippen LogP contribution in [0.3, 0.4) is 0 Å². The minimum absolute atomic E-state index is 0.158. The number of thioether (sulfide) groups is 1. The van der Waals surface area contributed by atoms with Crippen LogP contribution < -0.4 is 5.32 Å². The molecular formula is C9H17NOS. The monoisotopic (exact) mass is 187 g/mol. The third-order valence-corrected chi connectivity index (χ3v) is 3.65. The fraction of sp³-hybridized carbons (Fsp3) is 0.889. The van der Waals surface area contributed by atoms with Crippen LogP contribution in [0.4, 0.5) is 0 Å². The summed E-state index contributed by atoms with van der Waals surface area (Å²) in [5.41, 5.74) is 0. The maximum absolute atomic E-state index is 10.9. The van der Waals surface area contributed by atoms with Crippen LogP contribution in [0.5, 0.6) is 0 Å². The summed E-state index contributed by atoms with van der Waals surface area (Å²) in [6.07, 6.45) is 6.71. The summed E-state index contributed by atoms with van der Waals surface area (Å²) < 4.78 is 0. The minimum Gasteiger partial charge on any atom is -0.358 e. The zero-order valence-corrected chi connectivity index (χ0v) is 8.45. The van der Waals surface area contributed by atoms with Crippen LogP contribution in [0, 0.1) is 0 Å². The third-order valence-electron chi connectivity index (χ3n) is 2.28. The fourth-order valence-corrected chi connectivity index (χ4v) is 2.70. The number of hydrogen-bond acceptors (Lipinski definition) is 2. The standard InChI is InChI=1S/C9H17NOS/c1-10-9(11)7-12-8-5-3-2-4-6-8/h8H,2-7H2,1H3,(H,10,11). The van der Waals surface area contributed by atoms with E-state index < -0.39 is 0 Å². The summed E-state index contributed by atoms with van der Waals surface area (Å²) in [7, 11) is 1.70. The molecule has 1 fully saturated rings. The van der Waals surface area contributed by atoms with Crippen molar-refractivity contribution in [1.82, 2.24) is 5.32 Å². The molecule has 2 nitrogen and oxygen atoms in total. The number of rotatable bonds is 3. The van der Waals surface area contributed by atoms with Crippen molar-refractivity contribution in [2.75, 3.05) is 12.8 Å². The third kappa shape index (κ3) is 3.48. The van der Waals surface area contributed by atoms with E-state index in [1.165, 1.54) is 32.1 Å². The second-order valence-electron chi connectivity index (χ2n) is 3.24. The number of hydrogen-bond donors (Lipinski definition) is 1. The average Bonchev–Trinajstić information content (AvgIpc) is 2.16. The summed E-state index contributed by atoms with van der Waals surface area (Å²) in [6.45, 7) is 0. The molecule has 1 amide bonds. The van der Waals surface area contributed by atoms with Gasteiger partial charge in [-0.15, -0.1) is 11.8 Å². The molecular weight excluding hydrogens is 170 g/mol. The van der Waals surface area contributed by atoms with Gasteiger partial charge in [0.1, 0.15) is 0 Å². The van der Waals surface area contributed by atoms with Gasteiger partial charge in [-0.05, 0) is 12.8 Å². The van der Waals surface area contributed by atoms with Crippen molar-refractivity contribution in [3.8, 4) is 0 Å². The maximum Gasteiger partial charge on any atom is 0.229 e. The Morgan fingerprint density at radius 3 is 2.67 bits per heavy atom. The van der Waals surface area contributed by atoms with Crippen LogP contribution in [0.1, 0.15) is 32.1 Å². The summed E-state index contributed by atoms with van der Waals surface area (Å²) in [5.74, 6) is 0.798. The van der Waals surface area contributed by atoms with Gasteiger partial charge in [0.25, 0.3) is 0 Å². The van der Waals surface area contributed by atoms with Crippen molar-refractivity contribution in [2.24, 2.45) is 0 Å². The second-order valence-corrected chi connectivity index (χ2v) is 4.53.